The second kappa shape index (κ2) is 5.53. The minimum Gasteiger partial charge on any atom is -0.384 e. The summed E-state index contributed by atoms with van der Waals surface area (Å²) in [5, 5.41) is 1.52. The van der Waals surface area contributed by atoms with E-state index in [9.17, 15) is 0 Å². The fraction of sp³-hybridized carbons (Fsp3) is 0.667. The van der Waals surface area contributed by atoms with Crippen LogP contribution in [-0.2, 0) is 0 Å². The molecule has 1 aromatic heterocycles. The molecule has 0 aliphatic rings. The first kappa shape index (κ1) is 13.3. The van der Waals surface area contributed by atoms with Crippen molar-refractivity contribution in [3.8, 4) is 0 Å². The Balaban J connectivity index is 2.88. The average molecular weight is 239 g/mol. The largest absolute Gasteiger partial charge is 0.384 e. The summed E-state index contributed by atoms with van der Waals surface area (Å²) in [6.45, 7) is 10.8. The molecule has 16 heavy (non-hydrogen) atoms. The van der Waals surface area contributed by atoms with E-state index in [1.165, 1.54) is 0 Å². The highest BCUT2D eigenvalue weighted by molar-refractivity contribution is 7.99. The normalized spacial score (nSPS) is 13.4. The summed E-state index contributed by atoms with van der Waals surface area (Å²) >= 11 is 1.77. The van der Waals surface area contributed by atoms with Gasteiger partial charge in [-0.25, -0.2) is 9.97 Å². The third kappa shape index (κ3) is 3.67. The summed E-state index contributed by atoms with van der Waals surface area (Å²) < 4.78 is 0. The summed E-state index contributed by atoms with van der Waals surface area (Å²) in [6, 6.07) is 1.86. The Morgan fingerprint density at radius 2 is 1.75 bits per heavy atom. The molecule has 0 aliphatic carbocycles. The minimum absolute atomic E-state index is 0.317. The molecule has 0 aliphatic heterocycles. The third-order valence-corrected chi connectivity index (χ3v) is 3.87. The molecule has 90 valence electrons. The van der Waals surface area contributed by atoms with Crippen molar-refractivity contribution >= 4 is 17.6 Å². The van der Waals surface area contributed by atoms with Crippen LogP contribution < -0.4 is 5.73 Å². The Hall–Kier alpha value is -0.770. The number of hydrogen-bond acceptors (Lipinski definition) is 4. The summed E-state index contributed by atoms with van der Waals surface area (Å²) in [6.07, 6.45) is 0. The van der Waals surface area contributed by atoms with E-state index in [-0.39, 0.29) is 0 Å². The fourth-order valence-electron chi connectivity index (χ4n) is 1.11. The zero-order valence-corrected chi connectivity index (χ0v) is 11.5. The molecule has 4 heteroatoms. The van der Waals surface area contributed by atoms with Gasteiger partial charge in [0, 0.05) is 17.2 Å². The molecule has 3 nitrogen and oxygen atoms in total. The lowest BCUT2D eigenvalue weighted by atomic mass is 10.2. The Bertz CT molecular complexity index is 350. The SMILES string of the molecule is CC(C)c1nc(N)cc(SC(C)C(C)C)n1. The predicted octanol–water partition coefficient (Wildman–Crippen LogP) is 3.32. The van der Waals surface area contributed by atoms with Gasteiger partial charge in [-0.3, -0.25) is 0 Å². The van der Waals surface area contributed by atoms with Crippen LogP contribution in [0.4, 0.5) is 5.82 Å². The monoisotopic (exact) mass is 239 g/mol. The van der Waals surface area contributed by atoms with Crippen LogP contribution in [0.3, 0.4) is 0 Å². The molecule has 0 fully saturated rings. The molecule has 0 saturated heterocycles. The fourth-order valence-corrected chi connectivity index (χ4v) is 2.09. The minimum atomic E-state index is 0.317. The average Bonchev–Trinajstić information content (AvgIpc) is 2.16. The van der Waals surface area contributed by atoms with Gasteiger partial charge in [-0.1, -0.05) is 34.6 Å². The van der Waals surface area contributed by atoms with E-state index in [2.05, 4.69) is 44.6 Å². The first-order valence-electron chi connectivity index (χ1n) is 5.71. The van der Waals surface area contributed by atoms with Gasteiger partial charge in [0.15, 0.2) is 0 Å². The zero-order valence-electron chi connectivity index (χ0n) is 10.7. The Labute approximate surface area is 102 Å². The highest BCUT2D eigenvalue weighted by atomic mass is 32.2. The van der Waals surface area contributed by atoms with Crippen molar-refractivity contribution in [1.82, 2.24) is 9.97 Å². The maximum Gasteiger partial charge on any atom is 0.134 e. The number of nitrogens with zero attached hydrogens (tertiary/aromatic N) is 2. The summed E-state index contributed by atoms with van der Waals surface area (Å²) in [4.78, 5) is 8.77. The number of nitrogens with two attached hydrogens (primary N) is 1. The van der Waals surface area contributed by atoms with Crippen molar-refractivity contribution in [3.05, 3.63) is 11.9 Å². The van der Waals surface area contributed by atoms with E-state index in [1.807, 2.05) is 6.07 Å². The van der Waals surface area contributed by atoms with Crippen molar-refractivity contribution in [2.24, 2.45) is 5.92 Å². The van der Waals surface area contributed by atoms with Crippen LogP contribution in [0.1, 0.15) is 46.4 Å². The van der Waals surface area contributed by atoms with Crippen LogP contribution in [0.5, 0.6) is 0 Å². The van der Waals surface area contributed by atoms with Crippen LogP contribution in [0.25, 0.3) is 0 Å². The Morgan fingerprint density at radius 3 is 2.25 bits per heavy atom. The third-order valence-electron chi connectivity index (χ3n) is 2.50. The summed E-state index contributed by atoms with van der Waals surface area (Å²) in [5.41, 5.74) is 5.78. The summed E-state index contributed by atoms with van der Waals surface area (Å²) in [7, 11) is 0. The van der Waals surface area contributed by atoms with Gasteiger partial charge < -0.3 is 5.73 Å². The lowest BCUT2D eigenvalue weighted by molar-refractivity contribution is 0.640. The van der Waals surface area contributed by atoms with Gasteiger partial charge >= 0.3 is 0 Å². The lowest BCUT2D eigenvalue weighted by Crippen LogP contribution is -2.08. The number of hydrogen-bond donors (Lipinski definition) is 1. The first-order valence-corrected chi connectivity index (χ1v) is 6.59. The van der Waals surface area contributed by atoms with Gasteiger partial charge in [0.2, 0.25) is 0 Å². The number of nitrogen functional groups attached to an aromatic ring is 1. The van der Waals surface area contributed by atoms with Crippen molar-refractivity contribution < 1.29 is 0 Å². The number of aromatic nitrogens is 2. The molecular weight excluding hydrogens is 218 g/mol. The van der Waals surface area contributed by atoms with E-state index >= 15 is 0 Å². The standard InChI is InChI=1S/C12H21N3S/c1-7(2)9(5)16-11-6-10(13)14-12(15-11)8(3)4/h6-9H,1-5H3,(H2,13,14,15). The van der Waals surface area contributed by atoms with E-state index < -0.39 is 0 Å². The van der Waals surface area contributed by atoms with E-state index in [1.54, 1.807) is 11.8 Å². The molecule has 0 bridgehead atoms. The van der Waals surface area contributed by atoms with Crippen LogP contribution in [0.15, 0.2) is 11.1 Å². The van der Waals surface area contributed by atoms with Gasteiger partial charge in [-0.15, -0.1) is 11.8 Å². The van der Waals surface area contributed by atoms with Crippen molar-refractivity contribution in [2.45, 2.75) is 50.8 Å². The molecule has 0 spiro atoms. The highest BCUT2D eigenvalue weighted by Crippen LogP contribution is 2.27. The topological polar surface area (TPSA) is 51.8 Å². The number of thioether (sulfide) groups is 1. The maximum absolute atomic E-state index is 5.78. The summed E-state index contributed by atoms with van der Waals surface area (Å²) in [5.74, 6) is 2.34. The molecule has 0 amide bonds. The van der Waals surface area contributed by atoms with Gasteiger partial charge in [0.05, 0.1) is 0 Å². The van der Waals surface area contributed by atoms with Crippen LogP contribution in [-0.4, -0.2) is 15.2 Å². The molecule has 1 heterocycles. The lowest BCUT2D eigenvalue weighted by Gasteiger charge is -2.15. The van der Waals surface area contributed by atoms with Gasteiger partial charge in [0.1, 0.15) is 16.7 Å². The molecule has 0 radical (unpaired) electrons. The van der Waals surface area contributed by atoms with Gasteiger partial charge in [-0.2, -0.15) is 0 Å². The van der Waals surface area contributed by atoms with E-state index in [4.69, 9.17) is 5.73 Å². The van der Waals surface area contributed by atoms with Gasteiger partial charge in [0.25, 0.3) is 0 Å². The molecule has 1 aromatic rings. The van der Waals surface area contributed by atoms with Crippen molar-refractivity contribution in [1.29, 1.82) is 0 Å². The number of rotatable bonds is 4. The molecule has 0 aromatic carbocycles. The van der Waals surface area contributed by atoms with Crippen LogP contribution in [0, 0.1) is 5.92 Å². The second-order valence-electron chi connectivity index (χ2n) is 4.71. The molecule has 1 rings (SSSR count). The Kier molecular flexibility index (Phi) is 4.59. The molecular formula is C12H21N3S. The Morgan fingerprint density at radius 1 is 1.12 bits per heavy atom. The highest BCUT2D eigenvalue weighted by Gasteiger charge is 2.12. The quantitative estimate of drug-likeness (QED) is 0.647. The molecule has 1 unspecified atom stereocenters. The van der Waals surface area contributed by atoms with Gasteiger partial charge in [-0.05, 0) is 5.92 Å². The molecule has 0 saturated carbocycles. The molecule has 1 atom stereocenters. The van der Waals surface area contributed by atoms with Crippen LogP contribution >= 0.6 is 11.8 Å². The predicted molar refractivity (Wildman–Crippen MR) is 70.7 cm³/mol. The number of anilines is 1. The zero-order chi connectivity index (χ0) is 12.3. The smallest absolute Gasteiger partial charge is 0.134 e. The maximum atomic E-state index is 5.78. The van der Waals surface area contributed by atoms with E-state index in [0.717, 1.165) is 10.9 Å². The van der Waals surface area contributed by atoms with E-state index in [0.29, 0.717) is 22.9 Å². The first-order chi connectivity index (χ1) is 7.40. The van der Waals surface area contributed by atoms with Crippen molar-refractivity contribution in [3.63, 3.8) is 0 Å². The second-order valence-corrected chi connectivity index (χ2v) is 6.11. The van der Waals surface area contributed by atoms with Crippen LogP contribution in [0.2, 0.25) is 0 Å². The molecule has 2 N–H and O–H groups in total. The van der Waals surface area contributed by atoms with Crippen molar-refractivity contribution in [2.75, 3.05) is 5.73 Å².